The van der Waals surface area contributed by atoms with Crippen molar-refractivity contribution in [2.24, 2.45) is 5.92 Å². The average Bonchev–Trinajstić information content (AvgIpc) is 2.83. The number of aromatic nitrogens is 3. The molecule has 1 N–H and O–H groups in total. The van der Waals surface area contributed by atoms with Gasteiger partial charge in [0.2, 0.25) is 5.95 Å². The molecule has 1 aliphatic heterocycles. The smallest absolute Gasteiger partial charge is 0.245 e. The summed E-state index contributed by atoms with van der Waals surface area (Å²) in [6, 6.07) is 4.11. The van der Waals surface area contributed by atoms with Gasteiger partial charge in [0.15, 0.2) is 5.65 Å². The summed E-state index contributed by atoms with van der Waals surface area (Å²) in [5.74, 6) is 1.52. The number of hydrogen-bond acceptors (Lipinski definition) is 4. The molecule has 5 heteroatoms. The van der Waals surface area contributed by atoms with Crippen molar-refractivity contribution in [2.75, 3.05) is 31.6 Å². The highest BCUT2D eigenvalue weighted by molar-refractivity contribution is 5.46. The fraction of sp³-hybridized carbons (Fsp3) is 0.571. The standard InChI is InChI=1S/C14H21N5/c1-11-5-7-19-13(8-11)16-14(17-19)18(2)10-12-4-3-6-15-9-12/h5,7-8,12,15H,3-4,6,9-10H2,1-2H3. The van der Waals surface area contributed by atoms with E-state index >= 15 is 0 Å². The Morgan fingerprint density at radius 2 is 2.42 bits per heavy atom. The summed E-state index contributed by atoms with van der Waals surface area (Å²) in [7, 11) is 2.08. The average molecular weight is 259 g/mol. The minimum Gasteiger partial charge on any atom is -0.342 e. The van der Waals surface area contributed by atoms with Crippen molar-refractivity contribution < 1.29 is 0 Å². The van der Waals surface area contributed by atoms with Crippen LogP contribution in [0.2, 0.25) is 0 Å². The quantitative estimate of drug-likeness (QED) is 0.907. The van der Waals surface area contributed by atoms with Gasteiger partial charge in [0, 0.05) is 19.8 Å². The number of aryl methyl sites for hydroxylation is 1. The number of fused-ring (bicyclic) bond motifs is 1. The van der Waals surface area contributed by atoms with Crippen LogP contribution in [0.5, 0.6) is 0 Å². The second-order valence-corrected chi connectivity index (χ2v) is 5.51. The first kappa shape index (κ1) is 12.4. The van der Waals surface area contributed by atoms with E-state index in [4.69, 9.17) is 0 Å². The molecule has 0 aromatic carbocycles. The molecular weight excluding hydrogens is 238 g/mol. The number of rotatable bonds is 3. The van der Waals surface area contributed by atoms with Crippen molar-refractivity contribution in [2.45, 2.75) is 19.8 Å². The number of nitrogens with one attached hydrogen (secondary N) is 1. The first-order valence-electron chi connectivity index (χ1n) is 6.97. The van der Waals surface area contributed by atoms with E-state index in [1.165, 1.54) is 18.4 Å². The normalized spacial score (nSPS) is 19.8. The zero-order valence-corrected chi connectivity index (χ0v) is 11.6. The molecular formula is C14H21N5. The Morgan fingerprint density at radius 1 is 1.53 bits per heavy atom. The van der Waals surface area contributed by atoms with E-state index in [1.54, 1.807) is 0 Å². The predicted octanol–water partition coefficient (Wildman–Crippen LogP) is 1.47. The van der Waals surface area contributed by atoms with Gasteiger partial charge in [-0.05, 0) is 56.5 Å². The molecule has 0 spiro atoms. The molecule has 1 atom stereocenters. The Labute approximate surface area is 113 Å². The molecule has 3 heterocycles. The van der Waals surface area contributed by atoms with Gasteiger partial charge in [-0.15, -0.1) is 5.10 Å². The lowest BCUT2D eigenvalue weighted by molar-refractivity contribution is 0.380. The second kappa shape index (κ2) is 5.17. The van der Waals surface area contributed by atoms with E-state index in [0.717, 1.165) is 31.2 Å². The van der Waals surface area contributed by atoms with E-state index < -0.39 is 0 Å². The summed E-state index contributed by atoms with van der Waals surface area (Å²) in [6.45, 7) is 5.36. The van der Waals surface area contributed by atoms with Crippen LogP contribution in [0.4, 0.5) is 5.95 Å². The minimum absolute atomic E-state index is 0.701. The molecule has 1 fully saturated rings. The topological polar surface area (TPSA) is 45.5 Å². The Hall–Kier alpha value is -1.62. The maximum Gasteiger partial charge on any atom is 0.245 e. The fourth-order valence-electron chi connectivity index (χ4n) is 2.68. The van der Waals surface area contributed by atoms with Crippen LogP contribution in [-0.4, -0.2) is 41.3 Å². The number of hydrogen-bond donors (Lipinski definition) is 1. The molecule has 3 rings (SSSR count). The maximum atomic E-state index is 4.60. The molecule has 102 valence electrons. The summed E-state index contributed by atoms with van der Waals surface area (Å²) in [6.07, 6.45) is 4.54. The van der Waals surface area contributed by atoms with Crippen molar-refractivity contribution in [3.63, 3.8) is 0 Å². The van der Waals surface area contributed by atoms with Crippen LogP contribution >= 0.6 is 0 Å². The van der Waals surface area contributed by atoms with Crippen molar-refractivity contribution in [1.29, 1.82) is 0 Å². The Morgan fingerprint density at radius 3 is 3.21 bits per heavy atom. The van der Waals surface area contributed by atoms with Gasteiger partial charge in [-0.2, -0.15) is 4.98 Å². The zero-order chi connectivity index (χ0) is 13.2. The maximum absolute atomic E-state index is 4.60. The third-order valence-electron chi connectivity index (χ3n) is 3.75. The Kier molecular flexibility index (Phi) is 3.38. The fourth-order valence-corrected chi connectivity index (χ4v) is 2.68. The van der Waals surface area contributed by atoms with Crippen LogP contribution in [0.25, 0.3) is 5.65 Å². The third-order valence-corrected chi connectivity index (χ3v) is 3.75. The zero-order valence-electron chi connectivity index (χ0n) is 11.6. The van der Waals surface area contributed by atoms with Crippen LogP contribution in [0.15, 0.2) is 18.3 Å². The molecule has 1 unspecified atom stereocenters. The largest absolute Gasteiger partial charge is 0.342 e. The first-order chi connectivity index (χ1) is 9.22. The van der Waals surface area contributed by atoms with Crippen LogP contribution in [0, 0.1) is 12.8 Å². The molecule has 1 aliphatic rings. The van der Waals surface area contributed by atoms with Gasteiger partial charge in [0.25, 0.3) is 0 Å². The van der Waals surface area contributed by atoms with E-state index in [0.29, 0.717) is 5.92 Å². The van der Waals surface area contributed by atoms with Gasteiger partial charge < -0.3 is 10.2 Å². The van der Waals surface area contributed by atoms with Crippen LogP contribution in [0.1, 0.15) is 18.4 Å². The summed E-state index contributed by atoms with van der Waals surface area (Å²) < 4.78 is 1.85. The summed E-state index contributed by atoms with van der Waals surface area (Å²) in [4.78, 5) is 6.76. The molecule has 0 bridgehead atoms. The molecule has 2 aromatic rings. The lowest BCUT2D eigenvalue weighted by Crippen LogP contribution is -2.37. The number of nitrogens with zero attached hydrogens (tertiary/aromatic N) is 4. The molecule has 1 saturated heterocycles. The number of piperidine rings is 1. The Bertz CT molecular complexity index is 556. The third kappa shape index (κ3) is 2.71. The molecule has 5 nitrogen and oxygen atoms in total. The number of pyridine rings is 1. The van der Waals surface area contributed by atoms with Gasteiger partial charge in [-0.1, -0.05) is 0 Å². The molecule has 0 saturated carbocycles. The van der Waals surface area contributed by atoms with Crippen molar-refractivity contribution in [3.8, 4) is 0 Å². The van der Waals surface area contributed by atoms with Gasteiger partial charge in [0.1, 0.15) is 0 Å². The van der Waals surface area contributed by atoms with Gasteiger partial charge in [-0.25, -0.2) is 4.52 Å². The van der Waals surface area contributed by atoms with E-state index in [9.17, 15) is 0 Å². The van der Waals surface area contributed by atoms with Crippen LogP contribution in [0.3, 0.4) is 0 Å². The van der Waals surface area contributed by atoms with Crippen molar-refractivity contribution in [3.05, 3.63) is 23.9 Å². The first-order valence-corrected chi connectivity index (χ1v) is 6.97. The molecule has 0 aliphatic carbocycles. The predicted molar refractivity (Wildman–Crippen MR) is 76.6 cm³/mol. The van der Waals surface area contributed by atoms with E-state index in [1.807, 2.05) is 10.7 Å². The lowest BCUT2D eigenvalue weighted by Gasteiger charge is -2.26. The van der Waals surface area contributed by atoms with Crippen molar-refractivity contribution in [1.82, 2.24) is 19.9 Å². The molecule has 0 amide bonds. The van der Waals surface area contributed by atoms with E-state index in [2.05, 4.69) is 46.4 Å². The Balaban J connectivity index is 1.75. The summed E-state index contributed by atoms with van der Waals surface area (Å²) in [5.41, 5.74) is 2.13. The lowest BCUT2D eigenvalue weighted by atomic mass is 9.99. The highest BCUT2D eigenvalue weighted by atomic mass is 15.4. The van der Waals surface area contributed by atoms with Gasteiger partial charge in [-0.3, -0.25) is 0 Å². The monoisotopic (exact) mass is 259 g/mol. The second-order valence-electron chi connectivity index (χ2n) is 5.51. The van der Waals surface area contributed by atoms with Gasteiger partial charge >= 0.3 is 0 Å². The highest BCUT2D eigenvalue weighted by Crippen LogP contribution is 2.15. The highest BCUT2D eigenvalue weighted by Gasteiger charge is 2.17. The summed E-state index contributed by atoms with van der Waals surface area (Å²) in [5, 5.41) is 7.98. The van der Waals surface area contributed by atoms with E-state index in [-0.39, 0.29) is 0 Å². The molecule has 19 heavy (non-hydrogen) atoms. The SMILES string of the molecule is Cc1ccn2nc(N(C)CC3CCCNC3)nc2c1. The van der Waals surface area contributed by atoms with Gasteiger partial charge in [0.05, 0.1) is 0 Å². The number of anilines is 1. The van der Waals surface area contributed by atoms with Crippen molar-refractivity contribution >= 4 is 11.6 Å². The molecule has 0 radical (unpaired) electrons. The van der Waals surface area contributed by atoms with Crippen LogP contribution < -0.4 is 10.2 Å². The summed E-state index contributed by atoms with van der Waals surface area (Å²) >= 11 is 0. The minimum atomic E-state index is 0.701. The van der Waals surface area contributed by atoms with Crippen LogP contribution in [-0.2, 0) is 0 Å². The molecule has 2 aromatic heterocycles.